The van der Waals surface area contributed by atoms with Crippen molar-refractivity contribution in [2.75, 3.05) is 19.6 Å². The van der Waals surface area contributed by atoms with Crippen LogP contribution in [-0.2, 0) is 6.42 Å². The molecule has 1 aromatic carbocycles. The summed E-state index contributed by atoms with van der Waals surface area (Å²) in [7, 11) is 0. The lowest BCUT2D eigenvalue weighted by Crippen LogP contribution is -2.39. The number of nitrogens with zero attached hydrogens (tertiary/aromatic N) is 1. The highest BCUT2D eigenvalue weighted by Crippen LogP contribution is 2.19. The van der Waals surface area contributed by atoms with E-state index in [1.807, 2.05) is 31.2 Å². The quantitative estimate of drug-likeness (QED) is 0.789. The van der Waals surface area contributed by atoms with Gasteiger partial charge in [0, 0.05) is 12.6 Å². The first kappa shape index (κ1) is 18.0. The van der Waals surface area contributed by atoms with E-state index < -0.39 is 18.8 Å². The van der Waals surface area contributed by atoms with E-state index >= 15 is 0 Å². The number of nitrogens with two attached hydrogens (primary N) is 1. The molecule has 2 nitrogen and oxygen atoms in total. The molecule has 0 bridgehead atoms. The van der Waals surface area contributed by atoms with Crippen molar-refractivity contribution in [3.63, 3.8) is 0 Å². The molecular weight excluding hydrogens is 277 g/mol. The van der Waals surface area contributed by atoms with Gasteiger partial charge >= 0.3 is 6.18 Å². The lowest BCUT2D eigenvalue weighted by atomic mass is 10.0. The van der Waals surface area contributed by atoms with Crippen molar-refractivity contribution in [1.29, 1.82) is 0 Å². The van der Waals surface area contributed by atoms with Gasteiger partial charge in [-0.05, 0) is 30.5 Å². The minimum Gasteiger partial charge on any atom is -0.323 e. The fourth-order valence-electron chi connectivity index (χ4n) is 2.41. The summed E-state index contributed by atoms with van der Waals surface area (Å²) < 4.78 is 37.6. The van der Waals surface area contributed by atoms with Gasteiger partial charge in [-0.25, -0.2) is 0 Å². The van der Waals surface area contributed by atoms with Crippen LogP contribution in [0.2, 0.25) is 0 Å². The Balaban J connectivity index is 2.65. The number of benzene rings is 1. The zero-order valence-corrected chi connectivity index (χ0v) is 12.8. The number of hydrogen-bond acceptors (Lipinski definition) is 2. The summed E-state index contributed by atoms with van der Waals surface area (Å²) in [6.07, 6.45) is -1.43. The van der Waals surface area contributed by atoms with Crippen LogP contribution in [-0.4, -0.2) is 30.7 Å². The van der Waals surface area contributed by atoms with E-state index in [9.17, 15) is 13.2 Å². The van der Waals surface area contributed by atoms with Gasteiger partial charge < -0.3 is 5.73 Å². The molecule has 1 rings (SSSR count). The van der Waals surface area contributed by atoms with Gasteiger partial charge in [0.15, 0.2) is 0 Å². The molecule has 2 N–H and O–H groups in total. The topological polar surface area (TPSA) is 29.3 Å². The average Bonchev–Trinajstić information content (AvgIpc) is 2.38. The summed E-state index contributed by atoms with van der Waals surface area (Å²) >= 11 is 0. The fraction of sp³-hybridized carbons (Fsp3) is 0.625. The molecule has 1 atom stereocenters. The molecule has 0 fully saturated rings. The first-order chi connectivity index (χ1) is 9.85. The molecule has 1 aromatic rings. The van der Waals surface area contributed by atoms with Gasteiger partial charge in [-0.2, -0.15) is 13.2 Å². The summed E-state index contributed by atoms with van der Waals surface area (Å²) in [4.78, 5) is 1.38. The third-order valence-corrected chi connectivity index (χ3v) is 3.34. The molecule has 0 saturated carbocycles. The van der Waals surface area contributed by atoms with Crippen LogP contribution in [0.4, 0.5) is 13.2 Å². The van der Waals surface area contributed by atoms with Crippen molar-refractivity contribution in [3.05, 3.63) is 35.4 Å². The first-order valence-corrected chi connectivity index (χ1v) is 7.49. The SMILES string of the molecule is CCCc1ccc(C(N)CN(CCC)CC(F)(F)F)cc1. The lowest BCUT2D eigenvalue weighted by Gasteiger charge is -2.26. The molecule has 5 heteroatoms. The molecule has 0 radical (unpaired) electrons. The largest absolute Gasteiger partial charge is 0.401 e. The van der Waals surface area contributed by atoms with Crippen LogP contribution in [0.5, 0.6) is 0 Å². The number of halogens is 3. The Kier molecular flexibility index (Phi) is 7.18. The lowest BCUT2D eigenvalue weighted by molar-refractivity contribution is -0.146. The summed E-state index contributed by atoms with van der Waals surface area (Å²) in [5.74, 6) is 0. The normalized spacial score (nSPS) is 13.7. The van der Waals surface area contributed by atoms with Gasteiger partial charge in [0.1, 0.15) is 0 Å². The van der Waals surface area contributed by atoms with Crippen LogP contribution in [0.1, 0.15) is 43.9 Å². The van der Waals surface area contributed by atoms with Crippen molar-refractivity contribution >= 4 is 0 Å². The smallest absolute Gasteiger partial charge is 0.323 e. The monoisotopic (exact) mass is 302 g/mol. The molecule has 120 valence electrons. The van der Waals surface area contributed by atoms with Crippen molar-refractivity contribution < 1.29 is 13.2 Å². The third-order valence-electron chi connectivity index (χ3n) is 3.34. The summed E-state index contributed by atoms with van der Waals surface area (Å²) in [5.41, 5.74) is 8.18. The van der Waals surface area contributed by atoms with E-state index in [4.69, 9.17) is 5.73 Å². The Morgan fingerprint density at radius 3 is 2.19 bits per heavy atom. The van der Waals surface area contributed by atoms with E-state index in [2.05, 4.69) is 6.92 Å². The Bertz CT molecular complexity index is 401. The Morgan fingerprint density at radius 1 is 1.10 bits per heavy atom. The Morgan fingerprint density at radius 2 is 1.71 bits per heavy atom. The third kappa shape index (κ3) is 6.96. The first-order valence-electron chi connectivity index (χ1n) is 7.49. The van der Waals surface area contributed by atoms with Gasteiger partial charge in [0.2, 0.25) is 0 Å². The predicted octanol–water partition coefficient (Wildman–Crippen LogP) is 3.91. The minimum atomic E-state index is -4.18. The van der Waals surface area contributed by atoms with Crippen LogP contribution >= 0.6 is 0 Å². The molecule has 0 amide bonds. The number of hydrogen-bond donors (Lipinski definition) is 1. The fourth-order valence-corrected chi connectivity index (χ4v) is 2.41. The molecule has 0 aliphatic rings. The number of aryl methyl sites for hydroxylation is 1. The number of rotatable bonds is 8. The molecule has 0 spiro atoms. The summed E-state index contributed by atoms with van der Waals surface area (Å²) in [5, 5.41) is 0. The Labute approximate surface area is 125 Å². The predicted molar refractivity (Wildman–Crippen MR) is 80.2 cm³/mol. The van der Waals surface area contributed by atoms with Gasteiger partial charge in [0.25, 0.3) is 0 Å². The van der Waals surface area contributed by atoms with E-state index in [1.165, 1.54) is 10.5 Å². The van der Waals surface area contributed by atoms with E-state index in [0.29, 0.717) is 13.0 Å². The van der Waals surface area contributed by atoms with Crippen LogP contribution in [0, 0.1) is 0 Å². The van der Waals surface area contributed by atoms with Crippen LogP contribution in [0.3, 0.4) is 0 Å². The maximum atomic E-state index is 12.5. The molecule has 0 heterocycles. The molecule has 21 heavy (non-hydrogen) atoms. The van der Waals surface area contributed by atoms with Crippen LogP contribution in [0.25, 0.3) is 0 Å². The minimum absolute atomic E-state index is 0.223. The highest BCUT2D eigenvalue weighted by atomic mass is 19.4. The van der Waals surface area contributed by atoms with Crippen molar-refractivity contribution in [3.8, 4) is 0 Å². The second kappa shape index (κ2) is 8.39. The molecule has 0 aromatic heterocycles. The van der Waals surface area contributed by atoms with Crippen LogP contribution < -0.4 is 5.73 Å². The second-order valence-corrected chi connectivity index (χ2v) is 5.45. The van der Waals surface area contributed by atoms with Gasteiger partial charge in [-0.15, -0.1) is 0 Å². The van der Waals surface area contributed by atoms with Crippen LogP contribution in [0.15, 0.2) is 24.3 Å². The average molecular weight is 302 g/mol. The molecular formula is C16H25F3N2. The summed E-state index contributed by atoms with van der Waals surface area (Å²) in [6.45, 7) is 3.71. The molecule has 0 aliphatic heterocycles. The molecule has 1 unspecified atom stereocenters. The second-order valence-electron chi connectivity index (χ2n) is 5.45. The van der Waals surface area contributed by atoms with E-state index in [-0.39, 0.29) is 6.54 Å². The highest BCUT2D eigenvalue weighted by molar-refractivity contribution is 5.25. The zero-order valence-electron chi connectivity index (χ0n) is 12.8. The van der Waals surface area contributed by atoms with Crippen molar-refractivity contribution in [1.82, 2.24) is 4.90 Å². The Hall–Kier alpha value is -1.07. The van der Waals surface area contributed by atoms with Crippen molar-refractivity contribution in [2.45, 2.75) is 45.3 Å². The zero-order chi connectivity index (χ0) is 15.9. The van der Waals surface area contributed by atoms with Gasteiger partial charge in [-0.3, -0.25) is 4.90 Å². The number of alkyl halides is 3. The van der Waals surface area contributed by atoms with E-state index in [1.54, 1.807) is 0 Å². The van der Waals surface area contributed by atoms with Crippen molar-refractivity contribution in [2.24, 2.45) is 5.73 Å². The summed E-state index contributed by atoms with van der Waals surface area (Å²) in [6, 6.07) is 7.47. The molecule has 0 aliphatic carbocycles. The maximum absolute atomic E-state index is 12.5. The van der Waals surface area contributed by atoms with E-state index in [0.717, 1.165) is 18.4 Å². The molecule has 0 saturated heterocycles. The maximum Gasteiger partial charge on any atom is 0.401 e. The standard InChI is InChI=1S/C16H25F3N2/c1-3-5-13-6-8-14(9-7-13)15(20)11-21(10-4-2)12-16(17,18)19/h6-9,15H,3-5,10-12,20H2,1-2H3. The highest BCUT2D eigenvalue weighted by Gasteiger charge is 2.31. The van der Waals surface area contributed by atoms with Gasteiger partial charge in [-0.1, -0.05) is 44.5 Å². The van der Waals surface area contributed by atoms with Gasteiger partial charge in [0.05, 0.1) is 6.54 Å².